The van der Waals surface area contributed by atoms with Crippen molar-refractivity contribution in [2.45, 2.75) is 70.6 Å². The molecule has 4 amide bonds. The van der Waals surface area contributed by atoms with E-state index in [2.05, 4.69) is 24.3 Å². The minimum atomic E-state index is -0.920. The van der Waals surface area contributed by atoms with E-state index in [0.29, 0.717) is 63.1 Å². The number of para-hydroxylation sites is 1. The molecule has 10 heteroatoms. The second-order valence-corrected chi connectivity index (χ2v) is 12.8. The van der Waals surface area contributed by atoms with Crippen molar-refractivity contribution >= 4 is 35.3 Å². The summed E-state index contributed by atoms with van der Waals surface area (Å²) < 4.78 is 6.02. The van der Waals surface area contributed by atoms with Gasteiger partial charge in [0.2, 0.25) is 0 Å². The minimum absolute atomic E-state index is 0.0359. The third kappa shape index (κ3) is 7.27. The highest BCUT2D eigenvalue weighted by Gasteiger charge is 2.35. The number of benzene rings is 2. The second-order valence-electron chi connectivity index (χ2n) is 12.4. The Kier molecular flexibility index (Phi) is 9.82. The standard InChI is InChI=1S/C33H44ClN5O4/c1-22-19-24(20-23(2)30(22)34)21-29(31(40)37-14-10-26(11-15-37)36(3)4)43-33(42)38-16-12-27(13-17-38)39-18-9-25-7-5-6-8-28(25)35-32(39)41/h5-8,19-20,26-27,29H,9-18,21H2,1-4H3,(H,35,41)/t29-/m1/s1. The van der Waals surface area contributed by atoms with Crippen molar-refractivity contribution in [2.75, 3.05) is 52.1 Å². The number of piperidine rings is 2. The highest BCUT2D eigenvalue weighted by molar-refractivity contribution is 6.32. The number of fused-ring (bicyclic) bond motifs is 1. The molecule has 0 aromatic heterocycles. The first kappa shape index (κ1) is 31.1. The van der Waals surface area contributed by atoms with Crippen molar-refractivity contribution in [3.63, 3.8) is 0 Å². The summed E-state index contributed by atoms with van der Waals surface area (Å²) in [7, 11) is 4.14. The number of ether oxygens (including phenoxy) is 1. The van der Waals surface area contributed by atoms with Crippen LogP contribution in [0, 0.1) is 13.8 Å². The smallest absolute Gasteiger partial charge is 0.410 e. The van der Waals surface area contributed by atoms with Gasteiger partial charge in [0.05, 0.1) is 0 Å². The van der Waals surface area contributed by atoms with Gasteiger partial charge in [-0.15, -0.1) is 0 Å². The van der Waals surface area contributed by atoms with E-state index in [1.807, 2.05) is 60.0 Å². The number of rotatable bonds is 6. The Hall–Kier alpha value is -3.30. The molecule has 0 unspecified atom stereocenters. The molecule has 2 saturated heterocycles. The number of carbonyl (C=O) groups excluding carboxylic acids is 3. The van der Waals surface area contributed by atoms with Crippen LogP contribution in [0.15, 0.2) is 36.4 Å². The number of halogens is 1. The fourth-order valence-electron chi connectivity index (χ4n) is 6.65. The third-order valence-electron chi connectivity index (χ3n) is 9.25. The van der Waals surface area contributed by atoms with E-state index in [9.17, 15) is 14.4 Å². The normalized spacial score (nSPS) is 19.1. The van der Waals surface area contributed by atoms with Crippen LogP contribution in [0.4, 0.5) is 15.3 Å². The summed E-state index contributed by atoms with van der Waals surface area (Å²) in [5.41, 5.74) is 4.78. The molecule has 0 spiro atoms. The van der Waals surface area contributed by atoms with Crippen molar-refractivity contribution in [3.05, 3.63) is 63.7 Å². The maximum atomic E-state index is 13.8. The zero-order valence-corrected chi connectivity index (χ0v) is 26.5. The molecule has 3 aliphatic heterocycles. The molecule has 2 aromatic rings. The summed E-state index contributed by atoms with van der Waals surface area (Å²) in [6, 6.07) is 12.2. The molecule has 43 heavy (non-hydrogen) atoms. The van der Waals surface area contributed by atoms with E-state index in [0.717, 1.165) is 47.2 Å². The van der Waals surface area contributed by atoms with E-state index < -0.39 is 12.2 Å². The van der Waals surface area contributed by atoms with Gasteiger partial charge >= 0.3 is 12.1 Å². The Morgan fingerprint density at radius 1 is 0.977 bits per heavy atom. The van der Waals surface area contributed by atoms with E-state index in [4.69, 9.17) is 16.3 Å². The van der Waals surface area contributed by atoms with Crippen LogP contribution in [-0.4, -0.2) is 103 Å². The van der Waals surface area contributed by atoms with Gasteiger partial charge in [0, 0.05) is 61.9 Å². The first-order valence-corrected chi connectivity index (χ1v) is 15.8. The van der Waals surface area contributed by atoms with Gasteiger partial charge in [0.1, 0.15) is 0 Å². The van der Waals surface area contributed by atoms with Crippen LogP contribution in [-0.2, 0) is 22.4 Å². The van der Waals surface area contributed by atoms with Gasteiger partial charge in [-0.3, -0.25) is 4.79 Å². The monoisotopic (exact) mass is 609 g/mol. The molecule has 3 aliphatic rings. The molecular weight excluding hydrogens is 566 g/mol. The van der Waals surface area contributed by atoms with Gasteiger partial charge in [0.25, 0.3) is 5.91 Å². The highest BCUT2D eigenvalue weighted by atomic mass is 35.5. The van der Waals surface area contributed by atoms with Gasteiger partial charge in [-0.1, -0.05) is 41.9 Å². The highest BCUT2D eigenvalue weighted by Crippen LogP contribution is 2.27. The predicted molar refractivity (Wildman–Crippen MR) is 169 cm³/mol. The van der Waals surface area contributed by atoms with Crippen LogP contribution in [0.5, 0.6) is 0 Å². The maximum Gasteiger partial charge on any atom is 0.410 e. The van der Waals surface area contributed by atoms with Crippen LogP contribution in [0.1, 0.15) is 47.9 Å². The fraction of sp³-hybridized carbons (Fsp3) is 0.545. The number of likely N-dealkylation sites (tertiary alicyclic amines) is 2. The molecule has 0 radical (unpaired) electrons. The molecule has 5 rings (SSSR count). The molecule has 2 aromatic carbocycles. The Bertz CT molecular complexity index is 1310. The summed E-state index contributed by atoms with van der Waals surface area (Å²) in [5.74, 6) is -0.147. The first-order chi connectivity index (χ1) is 20.6. The lowest BCUT2D eigenvalue weighted by atomic mass is 9.99. The SMILES string of the molecule is Cc1cc(C[C@@H](OC(=O)N2CCC(N3CCc4ccccc4NC3=O)CC2)C(=O)N2CCC(N(C)C)CC2)cc(C)c1Cl. The average Bonchev–Trinajstić information content (AvgIpc) is 3.17. The summed E-state index contributed by atoms with van der Waals surface area (Å²) in [4.78, 5) is 47.9. The lowest BCUT2D eigenvalue weighted by molar-refractivity contribution is -0.142. The van der Waals surface area contributed by atoms with Crippen molar-refractivity contribution in [1.82, 2.24) is 19.6 Å². The molecule has 3 heterocycles. The van der Waals surface area contributed by atoms with Crippen LogP contribution in [0.2, 0.25) is 5.02 Å². The minimum Gasteiger partial charge on any atom is -0.436 e. The van der Waals surface area contributed by atoms with Crippen LogP contribution in [0.25, 0.3) is 0 Å². The zero-order valence-electron chi connectivity index (χ0n) is 25.8. The molecule has 2 fully saturated rings. The number of aryl methyl sites for hydroxylation is 2. The van der Waals surface area contributed by atoms with E-state index >= 15 is 0 Å². The summed E-state index contributed by atoms with van der Waals surface area (Å²) in [6.07, 6.45) is 2.78. The topological polar surface area (TPSA) is 85.4 Å². The molecule has 9 nitrogen and oxygen atoms in total. The maximum absolute atomic E-state index is 13.8. The van der Waals surface area contributed by atoms with Crippen molar-refractivity contribution in [1.29, 1.82) is 0 Å². The van der Waals surface area contributed by atoms with Gasteiger partial charge in [-0.25, -0.2) is 9.59 Å². The van der Waals surface area contributed by atoms with E-state index in [-0.39, 0.29) is 18.0 Å². The molecule has 232 valence electrons. The van der Waals surface area contributed by atoms with Crippen LogP contribution < -0.4 is 5.32 Å². The number of nitrogens with zero attached hydrogens (tertiary/aromatic N) is 4. The van der Waals surface area contributed by atoms with Gasteiger partial charge < -0.3 is 29.7 Å². The zero-order chi connectivity index (χ0) is 30.7. The molecule has 1 N–H and O–H groups in total. The van der Waals surface area contributed by atoms with Crippen LogP contribution in [0.3, 0.4) is 0 Å². The van der Waals surface area contributed by atoms with Crippen LogP contribution >= 0.6 is 11.6 Å². The molecule has 0 saturated carbocycles. The number of carbonyl (C=O) groups is 3. The second kappa shape index (κ2) is 13.6. The number of hydrogen-bond donors (Lipinski definition) is 1. The number of anilines is 1. The number of amides is 4. The van der Waals surface area contributed by atoms with Gasteiger partial charge in [-0.05, 0) is 88.4 Å². The molecule has 0 bridgehead atoms. The predicted octanol–water partition coefficient (Wildman–Crippen LogP) is 5.11. The Morgan fingerprint density at radius 3 is 2.26 bits per heavy atom. The summed E-state index contributed by atoms with van der Waals surface area (Å²) in [6.45, 7) is 6.74. The van der Waals surface area contributed by atoms with Gasteiger partial charge in [-0.2, -0.15) is 0 Å². The first-order valence-electron chi connectivity index (χ1n) is 15.4. The number of nitrogens with one attached hydrogen (secondary N) is 1. The lowest BCUT2D eigenvalue weighted by Gasteiger charge is -2.39. The number of urea groups is 1. The molecule has 1 atom stereocenters. The molecule has 0 aliphatic carbocycles. The Balaban J connectivity index is 1.23. The number of hydrogen-bond acceptors (Lipinski definition) is 5. The van der Waals surface area contributed by atoms with Crippen molar-refractivity contribution in [2.24, 2.45) is 0 Å². The quantitative estimate of drug-likeness (QED) is 0.492. The average molecular weight is 610 g/mol. The fourth-order valence-corrected chi connectivity index (χ4v) is 6.76. The third-order valence-corrected chi connectivity index (χ3v) is 9.84. The van der Waals surface area contributed by atoms with E-state index in [1.165, 1.54) is 0 Å². The Morgan fingerprint density at radius 2 is 1.60 bits per heavy atom. The lowest BCUT2D eigenvalue weighted by Crippen LogP contribution is -2.52. The molecular formula is C33H44ClN5O4. The summed E-state index contributed by atoms with van der Waals surface area (Å²) in [5, 5.41) is 3.75. The van der Waals surface area contributed by atoms with Crippen molar-refractivity contribution < 1.29 is 19.1 Å². The van der Waals surface area contributed by atoms with Gasteiger partial charge in [0.15, 0.2) is 6.10 Å². The summed E-state index contributed by atoms with van der Waals surface area (Å²) >= 11 is 6.41. The van der Waals surface area contributed by atoms with Crippen molar-refractivity contribution in [3.8, 4) is 0 Å². The Labute approximate surface area is 260 Å². The van der Waals surface area contributed by atoms with E-state index in [1.54, 1.807) is 4.90 Å². The largest absolute Gasteiger partial charge is 0.436 e.